The van der Waals surface area contributed by atoms with Gasteiger partial charge >= 0.3 is 0 Å². The van der Waals surface area contributed by atoms with Gasteiger partial charge in [-0.05, 0) is 37.0 Å². The van der Waals surface area contributed by atoms with E-state index in [0.717, 1.165) is 18.9 Å². The van der Waals surface area contributed by atoms with Gasteiger partial charge in [-0.1, -0.05) is 46.0 Å². The minimum absolute atomic E-state index is 0.219. The second kappa shape index (κ2) is 6.38. The van der Waals surface area contributed by atoms with Crippen molar-refractivity contribution < 1.29 is 4.74 Å². The molecule has 0 aliphatic heterocycles. The lowest BCUT2D eigenvalue weighted by molar-refractivity contribution is -0.0394. The van der Waals surface area contributed by atoms with Gasteiger partial charge in [-0.25, -0.2) is 0 Å². The number of hydrogen-bond acceptors (Lipinski definition) is 2. The highest BCUT2D eigenvalue weighted by Crippen LogP contribution is 2.36. The molecular formula is C16H31NO. The summed E-state index contributed by atoms with van der Waals surface area (Å²) in [6.45, 7) is 5.53. The van der Waals surface area contributed by atoms with Crippen LogP contribution in [0.2, 0.25) is 0 Å². The van der Waals surface area contributed by atoms with E-state index >= 15 is 0 Å². The van der Waals surface area contributed by atoms with E-state index in [9.17, 15) is 0 Å². The third kappa shape index (κ3) is 3.71. The van der Waals surface area contributed by atoms with Gasteiger partial charge in [-0.2, -0.15) is 0 Å². The summed E-state index contributed by atoms with van der Waals surface area (Å²) >= 11 is 0. The quantitative estimate of drug-likeness (QED) is 0.775. The van der Waals surface area contributed by atoms with Crippen LogP contribution in [0.5, 0.6) is 0 Å². The Balaban J connectivity index is 1.78. The van der Waals surface area contributed by atoms with Crippen LogP contribution in [0.3, 0.4) is 0 Å². The molecule has 106 valence electrons. The minimum Gasteiger partial charge on any atom is -0.376 e. The predicted octanol–water partition coefficient (Wildman–Crippen LogP) is 3.88. The molecule has 2 saturated carbocycles. The van der Waals surface area contributed by atoms with Crippen molar-refractivity contribution in [2.45, 2.75) is 83.8 Å². The molecule has 2 aliphatic rings. The molecule has 2 aliphatic carbocycles. The first-order valence-electron chi connectivity index (χ1n) is 7.97. The third-order valence-electron chi connectivity index (χ3n) is 5.13. The van der Waals surface area contributed by atoms with Crippen molar-refractivity contribution in [3.63, 3.8) is 0 Å². The molecule has 0 radical (unpaired) electrons. The topological polar surface area (TPSA) is 35.2 Å². The lowest BCUT2D eigenvalue weighted by atomic mass is 9.72. The van der Waals surface area contributed by atoms with E-state index in [-0.39, 0.29) is 11.5 Å². The van der Waals surface area contributed by atoms with E-state index in [2.05, 4.69) is 13.8 Å². The van der Waals surface area contributed by atoms with E-state index in [1.54, 1.807) is 0 Å². The van der Waals surface area contributed by atoms with Gasteiger partial charge in [-0.3, -0.25) is 0 Å². The van der Waals surface area contributed by atoms with Crippen LogP contribution in [0, 0.1) is 11.3 Å². The highest BCUT2D eigenvalue weighted by molar-refractivity contribution is 4.92. The summed E-state index contributed by atoms with van der Waals surface area (Å²) in [7, 11) is 0. The van der Waals surface area contributed by atoms with Crippen LogP contribution in [0.1, 0.15) is 71.6 Å². The summed E-state index contributed by atoms with van der Waals surface area (Å²) in [5.74, 6) is 0.796. The second-order valence-corrected chi connectivity index (χ2v) is 7.14. The van der Waals surface area contributed by atoms with Crippen LogP contribution in [-0.2, 0) is 4.74 Å². The summed E-state index contributed by atoms with van der Waals surface area (Å²) in [5, 5.41) is 0. The van der Waals surface area contributed by atoms with Crippen molar-refractivity contribution in [3.8, 4) is 0 Å². The van der Waals surface area contributed by atoms with Gasteiger partial charge in [0, 0.05) is 12.6 Å². The van der Waals surface area contributed by atoms with E-state index in [1.165, 1.54) is 51.4 Å². The molecule has 0 heterocycles. The zero-order valence-electron chi connectivity index (χ0n) is 12.3. The molecule has 2 atom stereocenters. The Labute approximate surface area is 113 Å². The van der Waals surface area contributed by atoms with Crippen LogP contribution in [0.25, 0.3) is 0 Å². The second-order valence-electron chi connectivity index (χ2n) is 7.14. The average Bonchev–Trinajstić information content (AvgIpc) is 2.59. The number of hydrogen-bond donors (Lipinski definition) is 1. The molecule has 0 aromatic rings. The van der Waals surface area contributed by atoms with Gasteiger partial charge < -0.3 is 10.5 Å². The van der Waals surface area contributed by atoms with E-state index in [4.69, 9.17) is 10.5 Å². The Bertz CT molecular complexity index is 243. The summed E-state index contributed by atoms with van der Waals surface area (Å²) in [6.07, 6.45) is 12.4. The monoisotopic (exact) mass is 253 g/mol. The zero-order valence-corrected chi connectivity index (χ0v) is 12.3. The van der Waals surface area contributed by atoms with Crippen molar-refractivity contribution in [2.24, 2.45) is 17.1 Å². The first-order chi connectivity index (χ1) is 8.59. The lowest BCUT2D eigenvalue weighted by Crippen LogP contribution is -2.51. The molecule has 0 aromatic heterocycles. The molecule has 2 N–H and O–H groups in total. The van der Waals surface area contributed by atoms with Crippen LogP contribution < -0.4 is 5.73 Å². The number of rotatable bonds is 3. The minimum atomic E-state index is 0.219. The molecular weight excluding hydrogens is 222 g/mol. The van der Waals surface area contributed by atoms with Crippen LogP contribution in [-0.4, -0.2) is 18.8 Å². The molecule has 2 fully saturated rings. The summed E-state index contributed by atoms with van der Waals surface area (Å²) in [5.41, 5.74) is 6.63. The van der Waals surface area contributed by atoms with Crippen molar-refractivity contribution in [3.05, 3.63) is 0 Å². The smallest absolute Gasteiger partial charge is 0.0731 e. The lowest BCUT2D eigenvalue weighted by Gasteiger charge is -2.42. The van der Waals surface area contributed by atoms with Gasteiger partial charge in [0.25, 0.3) is 0 Å². The number of nitrogens with two attached hydrogens (primary N) is 1. The van der Waals surface area contributed by atoms with Crippen molar-refractivity contribution >= 4 is 0 Å². The fourth-order valence-electron chi connectivity index (χ4n) is 3.59. The van der Waals surface area contributed by atoms with Crippen LogP contribution in [0.4, 0.5) is 0 Å². The Morgan fingerprint density at radius 2 is 1.67 bits per heavy atom. The van der Waals surface area contributed by atoms with E-state index in [1.807, 2.05) is 0 Å². The van der Waals surface area contributed by atoms with E-state index in [0.29, 0.717) is 6.10 Å². The van der Waals surface area contributed by atoms with Crippen molar-refractivity contribution in [1.82, 2.24) is 0 Å². The van der Waals surface area contributed by atoms with Gasteiger partial charge in [-0.15, -0.1) is 0 Å². The zero-order chi connectivity index (χ0) is 13.0. The molecule has 2 rings (SSSR count). The molecule has 2 heteroatoms. The normalized spacial score (nSPS) is 34.2. The first-order valence-corrected chi connectivity index (χ1v) is 7.97. The van der Waals surface area contributed by atoms with Crippen LogP contribution in [0.15, 0.2) is 0 Å². The van der Waals surface area contributed by atoms with Crippen LogP contribution >= 0.6 is 0 Å². The van der Waals surface area contributed by atoms with E-state index < -0.39 is 0 Å². The molecule has 2 unspecified atom stereocenters. The molecule has 0 amide bonds. The molecule has 0 aromatic carbocycles. The Kier molecular flexibility index (Phi) is 5.08. The Morgan fingerprint density at radius 1 is 1.00 bits per heavy atom. The van der Waals surface area contributed by atoms with Gasteiger partial charge in [0.1, 0.15) is 0 Å². The summed E-state index contributed by atoms with van der Waals surface area (Å²) in [6, 6.07) is 0.219. The maximum Gasteiger partial charge on any atom is 0.0731 e. The maximum absolute atomic E-state index is 6.38. The fraction of sp³-hybridized carbons (Fsp3) is 1.00. The highest BCUT2D eigenvalue weighted by atomic mass is 16.5. The largest absolute Gasteiger partial charge is 0.376 e. The standard InChI is InChI=1S/C16H31NO/c1-16(2)11-7-10-14(15(16)17)18-12-13-8-5-3-4-6-9-13/h13-15H,3-12,17H2,1-2H3. The van der Waals surface area contributed by atoms with Crippen molar-refractivity contribution in [2.75, 3.05) is 6.61 Å². The maximum atomic E-state index is 6.38. The first kappa shape index (κ1) is 14.3. The van der Waals surface area contributed by atoms with Gasteiger partial charge in [0.2, 0.25) is 0 Å². The molecule has 0 spiro atoms. The summed E-state index contributed by atoms with van der Waals surface area (Å²) < 4.78 is 6.20. The molecule has 0 saturated heterocycles. The SMILES string of the molecule is CC1(C)CCCC(OCC2CCCCCC2)C1N. The Morgan fingerprint density at radius 3 is 2.33 bits per heavy atom. The van der Waals surface area contributed by atoms with Crippen molar-refractivity contribution in [1.29, 1.82) is 0 Å². The molecule has 18 heavy (non-hydrogen) atoms. The average molecular weight is 253 g/mol. The molecule has 0 bridgehead atoms. The Hall–Kier alpha value is -0.0800. The fourth-order valence-corrected chi connectivity index (χ4v) is 3.59. The number of ether oxygens (including phenoxy) is 1. The van der Waals surface area contributed by atoms with Gasteiger partial charge in [0.15, 0.2) is 0 Å². The highest BCUT2D eigenvalue weighted by Gasteiger charge is 2.37. The predicted molar refractivity (Wildman–Crippen MR) is 76.5 cm³/mol. The third-order valence-corrected chi connectivity index (χ3v) is 5.13. The van der Waals surface area contributed by atoms with Gasteiger partial charge in [0.05, 0.1) is 6.10 Å². The summed E-state index contributed by atoms with van der Waals surface area (Å²) in [4.78, 5) is 0. The molecule has 2 nitrogen and oxygen atoms in total.